The van der Waals surface area contributed by atoms with E-state index in [1.165, 1.54) is 0 Å². The summed E-state index contributed by atoms with van der Waals surface area (Å²) >= 11 is 3.38. The lowest BCUT2D eigenvalue weighted by Gasteiger charge is -2.08. The van der Waals surface area contributed by atoms with E-state index >= 15 is 0 Å². The maximum Gasteiger partial charge on any atom is 0.343 e. The first-order valence-corrected chi connectivity index (χ1v) is 6.40. The average molecular weight is 305 g/mol. The average Bonchev–Trinajstić information content (AvgIpc) is 2.32. The molecule has 2 rings (SSSR count). The van der Waals surface area contributed by atoms with Gasteiger partial charge in [0.05, 0.1) is 5.56 Å². The van der Waals surface area contributed by atoms with Crippen molar-refractivity contribution in [3.05, 3.63) is 63.6 Å². The van der Waals surface area contributed by atoms with Gasteiger partial charge in [0, 0.05) is 4.47 Å². The summed E-state index contributed by atoms with van der Waals surface area (Å²) < 4.78 is 6.35. The van der Waals surface area contributed by atoms with E-state index in [-0.39, 0.29) is 5.97 Å². The maximum absolute atomic E-state index is 12.0. The quantitative estimate of drug-likeness (QED) is 0.611. The van der Waals surface area contributed by atoms with Crippen LogP contribution in [0.1, 0.15) is 21.5 Å². The van der Waals surface area contributed by atoms with Crippen molar-refractivity contribution in [2.45, 2.75) is 13.8 Å². The Bertz CT molecular complexity index is 591. The highest BCUT2D eigenvalue weighted by molar-refractivity contribution is 9.10. The Morgan fingerprint density at radius 2 is 1.89 bits per heavy atom. The van der Waals surface area contributed by atoms with Crippen LogP contribution in [0.3, 0.4) is 0 Å². The van der Waals surface area contributed by atoms with Gasteiger partial charge >= 0.3 is 5.97 Å². The molecule has 0 radical (unpaired) electrons. The molecule has 0 aliphatic rings. The number of ether oxygens (including phenoxy) is 1. The molecule has 0 heterocycles. The van der Waals surface area contributed by atoms with Crippen molar-refractivity contribution in [2.75, 3.05) is 0 Å². The molecule has 0 aliphatic carbocycles. The minimum absolute atomic E-state index is 0.330. The van der Waals surface area contributed by atoms with Gasteiger partial charge in [-0.05, 0) is 49.7 Å². The topological polar surface area (TPSA) is 26.3 Å². The van der Waals surface area contributed by atoms with E-state index < -0.39 is 0 Å². The second-order valence-electron chi connectivity index (χ2n) is 4.17. The molecule has 0 N–H and O–H groups in total. The fourth-order valence-electron chi connectivity index (χ4n) is 1.66. The van der Waals surface area contributed by atoms with E-state index in [0.717, 1.165) is 15.6 Å². The Morgan fingerprint density at radius 3 is 2.56 bits per heavy atom. The number of benzene rings is 2. The third kappa shape index (κ3) is 2.99. The molecule has 0 unspecified atom stereocenters. The highest BCUT2D eigenvalue weighted by Gasteiger charge is 2.10. The molecule has 0 spiro atoms. The van der Waals surface area contributed by atoms with Crippen molar-refractivity contribution < 1.29 is 9.53 Å². The van der Waals surface area contributed by atoms with Crippen LogP contribution < -0.4 is 4.74 Å². The summed E-state index contributed by atoms with van der Waals surface area (Å²) in [5.41, 5.74) is 2.53. The van der Waals surface area contributed by atoms with Gasteiger partial charge in [0.25, 0.3) is 0 Å². The second-order valence-corrected chi connectivity index (χ2v) is 5.08. The first-order valence-electron chi connectivity index (χ1n) is 5.61. The van der Waals surface area contributed by atoms with Crippen molar-refractivity contribution in [3.63, 3.8) is 0 Å². The fraction of sp³-hybridized carbons (Fsp3) is 0.133. The lowest BCUT2D eigenvalue weighted by molar-refractivity contribution is 0.0733. The normalized spacial score (nSPS) is 10.2. The minimum atomic E-state index is -0.330. The smallest absolute Gasteiger partial charge is 0.343 e. The molecular formula is C15H13BrO2. The monoisotopic (exact) mass is 304 g/mol. The van der Waals surface area contributed by atoms with E-state index in [4.69, 9.17) is 4.74 Å². The highest BCUT2D eigenvalue weighted by Crippen LogP contribution is 2.23. The van der Waals surface area contributed by atoms with E-state index in [2.05, 4.69) is 15.9 Å². The van der Waals surface area contributed by atoms with Crippen molar-refractivity contribution >= 4 is 21.9 Å². The van der Waals surface area contributed by atoms with E-state index in [9.17, 15) is 4.79 Å². The van der Waals surface area contributed by atoms with Crippen LogP contribution in [0.4, 0.5) is 0 Å². The van der Waals surface area contributed by atoms with Crippen LogP contribution in [0.25, 0.3) is 0 Å². The van der Waals surface area contributed by atoms with E-state index in [1.807, 2.05) is 44.2 Å². The van der Waals surface area contributed by atoms with Crippen molar-refractivity contribution in [1.29, 1.82) is 0 Å². The molecule has 0 bridgehead atoms. The Balaban J connectivity index is 2.21. The van der Waals surface area contributed by atoms with Crippen LogP contribution in [-0.4, -0.2) is 5.97 Å². The first kappa shape index (κ1) is 12.8. The summed E-state index contributed by atoms with van der Waals surface area (Å²) in [6, 6.07) is 12.9. The summed E-state index contributed by atoms with van der Waals surface area (Å²) in [6.45, 7) is 3.85. The van der Waals surface area contributed by atoms with Gasteiger partial charge in [-0.3, -0.25) is 0 Å². The zero-order valence-electron chi connectivity index (χ0n) is 10.2. The van der Waals surface area contributed by atoms with Gasteiger partial charge in [-0.2, -0.15) is 0 Å². The Kier molecular flexibility index (Phi) is 3.82. The summed E-state index contributed by atoms with van der Waals surface area (Å²) in [7, 11) is 0. The fourth-order valence-corrected chi connectivity index (χ4v) is 2.13. The SMILES string of the molecule is Cc1cccc(C(=O)Oc2ccc(Br)cc2C)c1. The lowest BCUT2D eigenvalue weighted by atomic mass is 10.1. The third-order valence-corrected chi connectivity index (χ3v) is 3.09. The number of halogens is 1. The molecule has 0 aliphatic heterocycles. The molecule has 92 valence electrons. The molecule has 3 heteroatoms. The van der Waals surface area contributed by atoms with Crippen LogP contribution in [0.15, 0.2) is 46.9 Å². The van der Waals surface area contributed by atoms with Crippen LogP contribution in [-0.2, 0) is 0 Å². The summed E-state index contributed by atoms with van der Waals surface area (Å²) in [5, 5.41) is 0. The molecule has 2 aromatic carbocycles. The van der Waals surface area contributed by atoms with Gasteiger partial charge in [0.1, 0.15) is 5.75 Å². The molecule has 0 saturated carbocycles. The Hall–Kier alpha value is -1.61. The molecule has 0 aromatic heterocycles. The summed E-state index contributed by atoms with van der Waals surface area (Å²) in [4.78, 5) is 12.0. The predicted molar refractivity (Wildman–Crippen MR) is 75.0 cm³/mol. The van der Waals surface area contributed by atoms with Crippen molar-refractivity contribution in [3.8, 4) is 5.75 Å². The number of hydrogen-bond acceptors (Lipinski definition) is 2. The van der Waals surface area contributed by atoms with Crippen LogP contribution >= 0.6 is 15.9 Å². The minimum Gasteiger partial charge on any atom is -0.423 e. The van der Waals surface area contributed by atoms with Gasteiger partial charge in [-0.1, -0.05) is 33.6 Å². The van der Waals surface area contributed by atoms with Crippen LogP contribution in [0, 0.1) is 13.8 Å². The number of aryl methyl sites for hydroxylation is 2. The van der Waals surface area contributed by atoms with Gasteiger partial charge in [0.2, 0.25) is 0 Å². The van der Waals surface area contributed by atoms with Gasteiger partial charge < -0.3 is 4.74 Å². The molecule has 0 amide bonds. The first-order chi connectivity index (χ1) is 8.56. The molecule has 0 fully saturated rings. The molecular weight excluding hydrogens is 292 g/mol. The predicted octanol–water partition coefficient (Wildman–Crippen LogP) is 4.29. The zero-order chi connectivity index (χ0) is 13.1. The third-order valence-electron chi connectivity index (χ3n) is 2.59. The maximum atomic E-state index is 12.0. The van der Waals surface area contributed by atoms with E-state index in [1.54, 1.807) is 12.1 Å². The van der Waals surface area contributed by atoms with Crippen LogP contribution in [0.2, 0.25) is 0 Å². The van der Waals surface area contributed by atoms with Crippen LogP contribution in [0.5, 0.6) is 5.75 Å². The van der Waals surface area contributed by atoms with E-state index in [0.29, 0.717) is 11.3 Å². The molecule has 18 heavy (non-hydrogen) atoms. The second kappa shape index (κ2) is 5.36. The standard InChI is InChI=1S/C15H13BrO2/c1-10-4-3-5-12(8-10)15(17)18-14-7-6-13(16)9-11(14)2/h3-9H,1-2H3. The van der Waals surface area contributed by atoms with Gasteiger partial charge in [0.15, 0.2) is 0 Å². The summed E-state index contributed by atoms with van der Waals surface area (Å²) in [5.74, 6) is 0.258. The zero-order valence-corrected chi connectivity index (χ0v) is 11.8. The van der Waals surface area contributed by atoms with Gasteiger partial charge in [-0.25, -0.2) is 4.79 Å². The molecule has 0 atom stereocenters. The number of carbonyl (C=O) groups excluding carboxylic acids is 1. The van der Waals surface area contributed by atoms with Crippen molar-refractivity contribution in [1.82, 2.24) is 0 Å². The molecule has 2 nitrogen and oxygen atoms in total. The number of hydrogen-bond donors (Lipinski definition) is 0. The molecule has 0 saturated heterocycles. The van der Waals surface area contributed by atoms with Gasteiger partial charge in [-0.15, -0.1) is 0 Å². The highest BCUT2D eigenvalue weighted by atomic mass is 79.9. The number of esters is 1. The largest absolute Gasteiger partial charge is 0.423 e. The van der Waals surface area contributed by atoms with Crippen molar-refractivity contribution in [2.24, 2.45) is 0 Å². The Morgan fingerprint density at radius 1 is 1.11 bits per heavy atom. The number of carbonyl (C=O) groups is 1. The molecule has 2 aromatic rings. The number of rotatable bonds is 2. The summed E-state index contributed by atoms with van der Waals surface area (Å²) in [6.07, 6.45) is 0. The lowest BCUT2D eigenvalue weighted by Crippen LogP contribution is -2.09. The Labute approximate surface area is 115 Å².